The van der Waals surface area contributed by atoms with Gasteiger partial charge in [-0.15, -0.1) is 0 Å². The molecule has 0 fully saturated rings. The second-order valence-electron chi connectivity index (χ2n) is 4.34. The van der Waals surface area contributed by atoms with Crippen molar-refractivity contribution in [1.82, 2.24) is 0 Å². The summed E-state index contributed by atoms with van der Waals surface area (Å²) in [6.45, 7) is 3.34. The first-order valence-electron chi connectivity index (χ1n) is 5.97. The molecule has 0 aliphatic carbocycles. The summed E-state index contributed by atoms with van der Waals surface area (Å²) in [5.74, 6) is 0. The highest BCUT2D eigenvalue weighted by Crippen LogP contribution is 2.20. The highest BCUT2D eigenvalue weighted by Gasteiger charge is 1.99. The van der Waals surface area contributed by atoms with E-state index < -0.39 is 0 Å². The Morgan fingerprint density at radius 3 is 2.61 bits per heavy atom. The Labute approximate surface area is 113 Å². The topological polar surface area (TPSA) is 38.0 Å². The molecule has 0 radical (unpaired) electrons. The molecule has 3 N–H and O–H groups in total. The third kappa shape index (κ3) is 3.25. The lowest BCUT2D eigenvalue weighted by Crippen LogP contribution is -2.02. The number of hydrogen-bond acceptors (Lipinski definition) is 2. The van der Waals surface area contributed by atoms with Gasteiger partial charge in [0.15, 0.2) is 0 Å². The number of hydrogen-bond donors (Lipinski definition) is 2. The van der Waals surface area contributed by atoms with Gasteiger partial charge in [0.25, 0.3) is 0 Å². The van der Waals surface area contributed by atoms with Gasteiger partial charge in [0.05, 0.1) is 0 Å². The first kappa shape index (κ1) is 12.9. The minimum atomic E-state index is 0.574. The smallest absolute Gasteiger partial charge is 0.0455 e. The lowest BCUT2D eigenvalue weighted by Gasteiger charge is -2.09. The number of rotatable bonds is 4. The highest BCUT2D eigenvalue weighted by molar-refractivity contribution is 6.31. The van der Waals surface area contributed by atoms with Crippen molar-refractivity contribution in [2.24, 2.45) is 5.73 Å². The molecule has 0 atom stereocenters. The van der Waals surface area contributed by atoms with Gasteiger partial charge >= 0.3 is 0 Å². The maximum Gasteiger partial charge on any atom is 0.0455 e. The van der Waals surface area contributed by atoms with Crippen LogP contribution in [0.2, 0.25) is 5.02 Å². The average Bonchev–Trinajstić information content (AvgIpc) is 2.40. The van der Waals surface area contributed by atoms with Crippen molar-refractivity contribution in [3.63, 3.8) is 0 Å². The number of nitrogens with two attached hydrogens (primary N) is 1. The molecule has 0 spiro atoms. The maximum absolute atomic E-state index is 6.09. The molecule has 0 aliphatic heterocycles. The van der Waals surface area contributed by atoms with Crippen molar-refractivity contribution in [2.45, 2.75) is 20.0 Å². The molecule has 0 aliphatic rings. The van der Waals surface area contributed by atoms with Crippen molar-refractivity contribution in [3.8, 4) is 0 Å². The highest BCUT2D eigenvalue weighted by atomic mass is 35.5. The van der Waals surface area contributed by atoms with E-state index in [1.54, 1.807) is 0 Å². The lowest BCUT2D eigenvalue weighted by molar-refractivity contribution is 1.05. The Balaban J connectivity index is 2.04. The second kappa shape index (κ2) is 5.89. The van der Waals surface area contributed by atoms with Crippen LogP contribution >= 0.6 is 11.6 Å². The SMILES string of the molecule is Cc1ccc(NCc2cccc(CN)c2)cc1Cl. The number of anilines is 1. The third-order valence-electron chi connectivity index (χ3n) is 2.90. The third-order valence-corrected chi connectivity index (χ3v) is 3.30. The molecule has 3 heteroatoms. The van der Waals surface area contributed by atoms with E-state index >= 15 is 0 Å². The summed E-state index contributed by atoms with van der Waals surface area (Å²) in [4.78, 5) is 0. The van der Waals surface area contributed by atoms with E-state index in [2.05, 4.69) is 17.4 Å². The molecule has 2 aromatic rings. The normalized spacial score (nSPS) is 10.4. The number of halogens is 1. The summed E-state index contributed by atoms with van der Waals surface area (Å²) in [7, 11) is 0. The van der Waals surface area contributed by atoms with Gasteiger partial charge in [-0.2, -0.15) is 0 Å². The first-order valence-corrected chi connectivity index (χ1v) is 6.35. The van der Waals surface area contributed by atoms with Gasteiger partial charge in [0.2, 0.25) is 0 Å². The summed E-state index contributed by atoms with van der Waals surface area (Å²) in [6.07, 6.45) is 0. The minimum Gasteiger partial charge on any atom is -0.381 e. The monoisotopic (exact) mass is 260 g/mol. The average molecular weight is 261 g/mol. The summed E-state index contributed by atoms with van der Waals surface area (Å²) < 4.78 is 0. The molecular formula is C15H17ClN2. The van der Waals surface area contributed by atoms with Crippen molar-refractivity contribution in [3.05, 3.63) is 64.2 Å². The lowest BCUT2D eigenvalue weighted by atomic mass is 10.1. The molecule has 2 nitrogen and oxygen atoms in total. The number of nitrogens with one attached hydrogen (secondary N) is 1. The molecule has 0 saturated carbocycles. The predicted octanol–water partition coefficient (Wildman–Crippen LogP) is 3.72. The van der Waals surface area contributed by atoms with E-state index in [1.165, 1.54) is 5.56 Å². The van der Waals surface area contributed by atoms with Crippen LogP contribution in [0.25, 0.3) is 0 Å². The Morgan fingerprint density at radius 2 is 1.89 bits per heavy atom. The Hall–Kier alpha value is -1.51. The Morgan fingerprint density at radius 1 is 1.11 bits per heavy atom. The van der Waals surface area contributed by atoms with Crippen molar-refractivity contribution < 1.29 is 0 Å². The zero-order chi connectivity index (χ0) is 13.0. The van der Waals surface area contributed by atoms with Gasteiger partial charge in [0, 0.05) is 23.8 Å². The van der Waals surface area contributed by atoms with E-state index in [4.69, 9.17) is 17.3 Å². The fourth-order valence-electron chi connectivity index (χ4n) is 1.77. The van der Waals surface area contributed by atoms with E-state index in [-0.39, 0.29) is 0 Å². The quantitative estimate of drug-likeness (QED) is 0.879. The summed E-state index contributed by atoms with van der Waals surface area (Å²) >= 11 is 6.09. The van der Waals surface area contributed by atoms with Crippen molar-refractivity contribution in [1.29, 1.82) is 0 Å². The van der Waals surface area contributed by atoms with Crippen LogP contribution in [0, 0.1) is 6.92 Å². The second-order valence-corrected chi connectivity index (χ2v) is 4.75. The molecule has 0 amide bonds. The van der Waals surface area contributed by atoms with Crippen molar-refractivity contribution >= 4 is 17.3 Å². The van der Waals surface area contributed by atoms with Crippen LogP contribution in [0.5, 0.6) is 0 Å². The maximum atomic E-state index is 6.09. The number of benzene rings is 2. The van der Waals surface area contributed by atoms with Crippen LogP contribution in [-0.4, -0.2) is 0 Å². The summed E-state index contributed by atoms with van der Waals surface area (Å²) in [6, 6.07) is 14.3. The van der Waals surface area contributed by atoms with Crippen LogP contribution in [-0.2, 0) is 13.1 Å². The Kier molecular flexibility index (Phi) is 4.24. The van der Waals surface area contributed by atoms with Crippen LogP contribution in [0.3, 0.4) is 0 Å². The molecular weight excluding hydrogens is 244 g/mol. The molecule has 18 heavy (non-hydrogen) atoms. The number of aryl methyl sites for hydroxylation is 1. The van der Waals surface area contributed by atoms with Gasteiger partial charge in [-0.05, 0) is 35.7 Å². The molecule has 0 bridgehead atoms. The summed E-state index contributed by atoms with van der Waals surface area (Å²) in [5, 5.41) is 4.14. The fraction of sp³-hybridized carbons (Fsp3) is 0.200. The van der Waals surface area contributed by atoms with E-state index in [0.717, 1.165) is 28.4 Å². The molecule has 0 aromatic heterocycles. The van der Waals surface area contributed by atoms with E-state index in [0.29, 0.717) is 6.54 Å². The summed E-state index contributed by atoms with van der Waals surface area (Å²) in [5.41, 5.74) is 10.1. The van der Waals surface area contributed by atoms with Crippen LogP contribution in [0.4, 0.5) is 5.69 Å². The fourth-order valence-corrected chi connectivity index (χ4v) is 1.95. The zero-order valence-electron chi connectivity index (χ0n) is 10.4. The van der Waals surface area contributed by atoms with Gasteiger partial charge < -0.3 is 11.1 Å². The van der Waals surface area contributed by atoms with Gasteiger partial charge in [-0.25, -0.2) is 0 Å². The van der Waals surface area contributed by atoms with Gasteiger partial charge in [-0.3, -0.25) is 0 Å². The van der Waals surface area contributed by atoms with Gasteiger partial charge in [0.1, 0.15) is 0 Å². The molecule has 0 saturated heterocycles. The van der Waals surface area contributed by atoms with Crippen LogP contribution in [0.15, 0.2) is 42.5 Å². The largest absolute Gasteiger partial charge is 0.381 e. The molecule has 2 rings (SSSR count). The van der Waals surface area contributed by atoms with E-state index in [1.807, 2.05) is 37.3 Å². The minimum absolute atomic E-state index is 0.574. The van der Waals surface area contributed by atoms with Crippen LogP contribution < -0.4 is 11.1 Å². The van der Waals surface area contributed by atoms with Crippen molar-refractivity contribution in [2.75, 3.05) is 5.32 Å². The predicted molar refractivity (Wildman–Crippen MR) is 77.8 cm³/mol. The molecule has 0 unspecified atom stereocenters. The first-order chi connectivity index (χ1) is 8.69. The van der Waals surface area contributed by atoms with Crippen LogP contribution in [0.1, 0.15) is 16.7 Å². The van der Waals surface area contributed by atoms with E-state index in [9.17, 15) is 0 Å². The molecule has 2 aromatic carbocycles. The standard InChI is InChI=1S/C15H17ClN2/c1-11-5-6-14(8-15(11)16)18-10-13-4-2-3-12(7-13)9-17/h2-8,18H,9-10,17H2,1H3. The molecule has 94 valence electrons. The zero-order valence-corrected chi connectivity index (χ0v) is 11.2. The molecule has 0 heterocycles. The Bertz CT molecular complexity index is 538. The van der Waals surface area contributed by atoms with Gasteiger partial charge in [-0.1, -0.05) is 41.9 Å².